The molecule has 0 aliphatic heterocycles. The third-order valence-electron chi connectivity index (χ3n) is 2.58. The van der Waals surface area contributed by atoms with Crippen molar-refractivity contribution in [1.29, 1.82) is 0 Å². The Morgan fingerprint density at radius 1 is 1.12 bits per heavy atom. The largest absolute Gasteiger partial charge is 0.283 e. The maximum atomic E-state index is 12.5. The Hall–Kier alpha value is -0.930. The van der Waals surface area contributed by atoms with E-state index in [-0.39, 0.29) is 5.12 Å². The van der Waals surface area contributed by atoms with Gasteiger partial charge in [0.25, 0.3) is 0 Å². The van der Waals surface area contributed by atoms with E-state index in [9.17, 15) is 4.79 Å². The average Bonchev–Trinajstić information content (AvgIpc) is 2.25. The summed E-state index contributed by atoms with van der Waals surface area (Å²) in [6.45, 7) is 0. The zero-order chi connectivity index (χ0) is 12.7. The third-order valence-corrected chi connectivity index (χ3v) is 4.83. The SMILES string of the molecule is C=S(C)(C)(Br)C(=O)c1cccc2ccccc12. The molecule has 0 aliphatic rings. The van der Waals surface area contributed by atoms with Crippen molar-refractivity contribution in [3.63, 3.8) is 0 Å². The highest BCUT2D eigenvalue weighted by atomic mass is 79.9. The first kappa shape index (κ1) is 12.5. The molecule has 0 radical (unpaired) electrons. The minimum absolute atomic E-state index is 0.0961. The van der Waals surface area contributed by atoms with E-state index in [1.807, 2.05) is 55.0 Å². The van der Waals surface area contributed by atoms with Crippen LogP contribution >= 0.6 is 22.0 Å². The molecule has 90 valence electrons. The second kappa shape index (κ2) is 3.79. The van der Waals surface area contributed by atoms with Crippen LogP contribution in [0.25, 0.3) is 10.8 Å². The van der Waals surface area contributed by atoms with E-state index in [1.165, 1.54) is 0 Å². The number of carbonyl (C=O) groups excluding carboxylic acids is 1. The minimum Gasteiger partial charge on any atom is -0.283 e. The van der Waals surface area contributed by atoms with Gasteiger partial charge in [0.15, 0.2) is 0 Å². The second-order valence-corrected chi connectivity index (χ2v) is 15.5. The summed E-state index contributed by atoms with van der Waals surface area (Å²) >= 11 is 3.52. The first-order valence-electron chi connectivity index (χ1n) is 5.24. The normalized spacial score (nSPS) is 14.2. The van der Waals surface area contributed by atoms with Gasteiger partial charge in [-0.3, -0.25) is 4.79 Å². The van der Waals surface area contributed by atoms with Crippen molar-refractivity contribution >= 4 is 43.8 Å². The van der Waals surface area contributed by atoms with Crippen LogP contribution in [-0.4, -0.2) is 23.5 Å². The summed E-state index contributed by atoms with van der Waals surface area (Å²) < 4.78 is 0. The zero-order valence-corrected chi connectivity index (χ0v) is 12.3. The van der Waals surface area contributed by atoms with Crippen LogP contribution in [0.1, 0.15) is 10.4 Å². The highest BCUT2D eigenvalue weighted by Gasteiger charge is 2.26. The molecule has 2 rings (SSSR count). The molecule has 0 aromatic heterocycles. The molecule has 17 heavy (non-hydrogen) atoms. The fourth-order valence-electron chi connectivity index (χ4n) is 1.74. The third kappa shape index (κ3) is 2.50. The molecule has 0 unspecified atom stereocenters. The molecule has 2 aromatic rings. The number of carbonyl (C=O) groups is 1. The van der Waals surface area contributed by atoms with Crippen molar-refractivity contribution in [3.8, 4) is 0 Å². The lowest BCUT2D eigenvalue weighted by molar-refractivity contribution is 0.108. The Morgan fingerprint density at radius 3 is 2.35 bits per heavy atom. The lowest BCUT2D eigenvalue weighted by Gasteiger charge is -2.31. The van der Waals surface area contributed by atoms with Crippen LogP contribution in [0.5, 0.6) is 0 Å². The number of fused-ring (bicyclic) bond motifs is 1. The van der Waals surface area contributed by atoms with Crippen LogP contribution in [0, 0.1) is 0 Å². The Kier molecular flexibility index (Phi) is 2.79. The highest BCUT2D eigenvalue weighted by molar-refractivity contribution is 9.63. The summed E-state index contributed by atoms with van der Waals surface area (Å²) in [5, 5.41) is 2.18. The van der Waals surface area contributed by atoms with Gasteiger partial charge in [-0.05, 0) is 44.2 Å². The van der Waals surface area contributed by atoms with Crippen molar-refractivity contribution in [1.82, 2.24) is 0 Å². The van der Waals surface area contributed by atoms with Crippen molar-refractivity contribution in [3.05, 3.63) is 48.0 Å². The quantitative estimate of drug-likeness (QED) is 0.717. The Bertz CT molecular complexity index is 650. The highest BCUT2D eigenvalue weighted by Crippen LogP contribution is 2.60. The summed E-state index contributed by atoms with van der Waals surface area (Å²) in [6.07, 6.45) is 3.78. The van der Waals surface area contributed by atoms with E-state index >= 15 is 0 Å². The molecule has 0 aliphatic carbocycles. The van der Waals surface area contributed by atoms with Gasteiger partial charge < -0.3 is 0 Å². The zero-order valence-electron chi connectivity index (χ0n) is 9.94. The molecule has 0 atom stereocenters. The number of benzene rings is 2. The number of rotatable bonds is 1. The van der Waals surface area contributed by atoms with E-state index in [0.717, 1.165) is 16.3 Å². The standard InChI is InChI=1S/C14H15BrOS/c1-17(2,3,15)14(16)13-10-6-8-11-7-4-5-9-12(11)13/h4-10H,1H2,2-3H3. The fraction of sp³-hybridized carbons (Fsp3) is 0.143. The topological polar surface area (TPSA) is 17.1 Å². The molecule has 0 N–H and O–H groups in total. The monoisotopic (exact) mass is 310 g/mol. The van der Waals surface area contributed by atoms with Crippen molar-refractivity contribution in [2.75, 3.05) is 12.5 Å². The van der Waals surface area contributed by atoms with Gasteiger partial charge >= 0.3 is 0 Å². The predicted octanol–water partition coefficient (Wildman–Crippen LogP) is 4.32. The van der Waals surface area contributed by atoms with E-state index in [0.29, 0.717) is 0 Å². The van der Waals surface area contributed by atoms with E-state index < -0.39 is 7.18 Å². The van der Waals surface area contributed by atoms with Crippen LogP contribution in [-0.2, 0) is 0 Å². The number of halogens is 1. The Morgan fingerprint density at radius 2 is 1.71 bits per heavy atom. The molecule has 2 aromatic carbocycles. The van der Waals surface area contributed by atoms with Gasteiger partial charge in [-0.15, -0.1) is 7.18 Å². The molecule has 0 spiro atoms. The average molecular weight is 311 g/mol. The molecule has 3 heteroatoms. The Balaban J connectivity index is 2.74. The number of hydrogen-bond donors (Lipinski definition) is 0. The van der Waals surface area contributed by atoms with Crippen molar-refractivity contribution < 1.29 is 4.79 Å². The molecule has 0 fully saturated rings. The van der Waals surface area contributed by atoms with Gasteiger partial charge in [-0.2, -0.15) is 0 Å². The van der Waals surface area contributed by atoms with E-state index in [2.05, 4.69) is 20.7 Å². The van der Waals surface area contributed by atoms with Crippen molar-refractivity contribution in [2.24, 2.45) is 0 Å². The van der Waals surface area contributed by atoms with Gasteiger partial charge in [0, 0.05) is 5.56 Å². The number of hydrogen-bond acceptors (Lipinski definition) is 1. The van der Waals surface area contributed by atoms with Gasteiger partial charge in [0.2, 0.25) is 5.12 Å². The van der Waals surface area contributed by atoms with Crippen LogP contribution in [0.3, 0.4) is 0 Å². The summed E-state index contributed by atoms with van der Waals surface area (Å²) in [5.74, 6) is 4.06. The second-order valence-electron chi connectivity index (χ2n) is 4.85. The maximum Gasteiger partial charge on any atom is 0.207 e. The summed E-state index contributed by atoms with van der Waals surface area (Å²) in [5.41, 5.74) is 0.752. The van der Waals surface area contributed by atoms with Crippen LogP contribution in [0.15, 0.2) is 42.5 Å². The minimum atomic E-state index is -2.41. The molecule has 0 bridgehead atoms. The first-order valence-corrected chi connectivity index (χ1v) is 10.1. The van der Waals surface area contributed by atoms with Gasteiger partial charge in [0.05, 0.1) is 0 Å². The summed E-state index contributed by atoms with van der Waals surface area (Å²) in [4.78, 5) is 12.5. The molecular weight excluding hydrogens is 296 g/mol. The smallest absolute Gasteiger partial charge is 0.207 e. The van der Waals surface area contributed by atoms with Gasteiger partial charge in [0.1, 0.15) is 0 Å². The van der Waals surface area contributed by atoms with Gasteiger partial charge in [-0.25, -0.2) is 0 Å². The lowest BCUT2D eigenvalue weighted by Crippen LogP contribution is -2.10. The van der Waals surface area contributed by atoms with Gasteiger partial charge in [-0.1, -0.05) is 42.3 Å². The van der Waals surface area contributed by atoms with E-state index in [4.69, 9.17) is 0 Å². The molecule has 0 saturated heterocycles. The molecular formula is C14H15BrOS. The maximum absolute atomic E-state index is 12.5. The Labute approximate surface area is 109 Å². The molecule has 0 saturated carbocycles. The predicted molar refractivity (Wildman–Crippen MR) is 83.8 cm³/mol. The molecule has 0 heterocycles. The van der Waals surface area contributed by atoms with Crippen molar-refractivity contribution in [2.45, 2.75) is 0 Å². The van der Waals surface area contributed by atoms with E-state index in [1.54, 1.807) is 0 Å². The molecule has 1 nitrogen and oxygen atoms in total. The summed E-state index contributed by atoms with van der Waals surface area (Å²) in [7, 11) is -2.41. The molecule has 0 amide bonds. The lowest BCUT2D eigenvalue weighted by atomic mass is 10.1. The van der Waals surface area contributed by atoms with Crippen LogP contribution in [0.2, 0.25) is 0 Å². The summed E-state index contributed by atoms with van der Waals surface area (Å²) in [6, 6.07) is 13.7. The van der Waals surface area contributed by atoms with Crippen LogP contribution in [0.4, 0.5) is 0 Å². The van der Waals surface area contributed by atoms with Crippen LogP contribution < -0.4 is 0 Å². The fourth-order valence-corrected chi connectivity index (χ4v) is 3.12. The first-order chi connectivity index (χ1) is 7.76.